The van der Waals surface area contributed by atoms with Crippen LogP contribution in [0.5, 0.6) is 0 Å². The first-order valence-electron chi connectivity index (χ1n) is 7.66. The van der Waals surface area contributed by atoms with Crippen molar-refractivity contribution in [3.63, 3.8) is 0 Å². The van der Waals surface area contributed by atoms with E-state index in [0.717, 1.165) is 24.3 Å². The van der Waals surface area contributed by atoms with Gasteiger partial charge in [-0.1, -0.05) is 19.3 Å². The Bertz CT molecular complexity index is 375. The highest BCUT2D eigenvalue weighted by molar-refractivity contribution is 5.29. The van der Waals surface area contributed by atoms with E-state index in [2.05, 4.69) is 20.2 Å². The second-order valence-corrected chi connectivity index (χ2v) is 5.91. The summed E-state index contributed by atoms with van der Waals surface area (Å²) in [6, 6.07) is 0.871. The largest absolute Gasteiger partial charge is 0.368 e. The fourth-order valence-corrected chi connectivity index (χ4v) is 3.45. The van der Waals surface area contributed by atoms with E-state index in [1.807, 2.05) is 0 Å². The first-order valence-corrected chi connectivity index (χ1v) is 7.66. The van der Waals surface area contributed by atoms with E-state index in [9.17, 15) is 0 Å². The molecule has 3 rings (SSSR count). The van der Waals surface area contributed by atoms with Gasteiger partial charge in [-0.25, -0.2) is 4.98 Å². The van der Waals surface area contributed by atoms with Crippen molar-refractivity contribution >= 4 is 5.82 Å². The predicted molar refractivity (Wildman–Crippen MR) is 77.1 cm³/mol. The van der Waals surface area contributed by atoms with Crippen LogP contribution in [0.15, 0.2) is 18.6 Å². The minimum Gasteiger partial charge on any atom is -0.368 e. The summed E-state index contributed by atoms with van der Waals surface area (Å²) in [6.07, 6.45) is 13.7. The van der Waals surface area contributed by atoms with Crippen LogP contribution in [0.4, 0.5) is 5.82 Å². The van der Waals surface area contributed by atoms with E-state index in [4.69, 9.17) is 0 Å². The van der Waals surface area contributed by atoms with E-state index < -0.39 is 0 Å². The summed E-state index contributed by atoms with van der Waals surface area (Å²) < 4.78 is 0. The van der Waals surface area contributed by atoms with Crippen LogP contribution in [0.25, 0.3) is 0 Å². The zero-order chi connectivity index (χ0) is 12.9. The third-order valence-electron chi connectivity index (χ3n) is 4.54. The molecule has 1 aromatic rings. The fourth-order valence-electron chi connectivity index (χ4n) is 3.45. The topological polar surface area (TPSA) is 41.1 Å². The lowest BCUT2D eigenvalue weighted by Gasteiger charge is -2.31. The molecule has 1 atom stereocenters. The van der Waals surface area contributed by atoms with Crippen molar-refractivity contribution in [3.8, 4) is 0 Å². The van der Waals surface area contributed by atoms with Crippen LogP contribution < -0.4 is 5.32 Å². The van der Waals surface area contributed by atoms with Gasteiger partial charge in [0.1, 0.15) is 5.82 Å². The molecular formula is C15H24N4. The average Bonchev–Trinajstić information content (AvgIpc) is 2.96. The summed E-state index contributed by atoms with van der Waals surface area (Å²) in [6.45, 7) is 3.58. The van der Waals surface area contributed by atoms with Crippen LogP contribution in [0, 0.1) is 5.92 Å². The summed E-state index contributed by atoms with van der Waals surface area (Å²) in [7, 11) is 0. The van der Waals surface area contributed by atoms with E-state index in [1.54, 1.807) is 18.6 Å². The average molecular weight is 260 g/mol. The molecule has 0 amide bonds. The molecule has 0 bridgehead atoms. The number of hydrogen-bond acceptors (Lipinski definition) is 4. The van der Waals surface area contributed by atoms with Crippen LogP contribution in [-0.2, 0) is 0 Å². The maximum atomic E-state index is 4.26. The fraction of sp³-hybridized carbons (Fsp3) is 0.733. The number of rotatable bonds is 4. The second-order valence-electron chi connectivity index (χ2n) is 5.91. The molecular weight excluding hydrogens is 236 g/mol. The van der Waals surface area contributed by atoms with Crippen molar-refractivity contribution in [3.05, 3.63) is 18.6 Å². The summed E-state index contributed by atoms with van der Waals surface area (Å²) in [5, 5.41) is 3.41. The van der Waals surface area contributed by atoms with Crippen LogP contribution in [-0.4, -0.2) is 40.5 Å². The standard InChI is InChI=1S/C15H24N4/c1-2-4-14(5-3-1)19-9-6-13(12-19)10-18-15-11-16-7-8-17-15/h7-8,11,13-14H,1-6,9-10,12H2,(H,17,18). The van der Waals surface area contributed by atoms with E-state index in [0.29, 0.717) is 0 Å². The Morgan fingerprint density at radius 3 is 2.84 bits per heavy atom. The maximum Gasteiger partial charge on any atom is 0.144 e. The lowest BCUT2D eigenvalue weighted by atomic mass is 9.94. The van der Waals surface area contributed by atoms with Gasteiger partial charge in [-0.05, 0) is 31.7 Å². The number of aromatic nitrogens is 2. The highest BCUT2D eigenvalue weighted by Crippen LogP contribution is 2.27. The highest BCUT2D eigenvalue weighted by atomic mass is 15.2. The van der Waals surface area contributed by atoms with Gasteiger partial charge in [-0.2, -0.15) is 0 Å². The normalized spacial score (nSPS) is 25.6. The Kier molecular flexibility index (Phi) is 4.28. The van der Waals surface area contributed by atoms with Crippen molar-refractivity contribution in [2.45, 2.75) is 44.6 Å². The zero-order valence-electron chi connectivity index (χ0n) is 11.6. The van der Waals surface area contributed by atoms with E-state index in [-0.39, 0.29) is 0 Å². The molecule has 0 radical (unpaired) electrons. The lowest BCUT2D eigenvalue weighted by Crippen LogP contribution is -2.35. The van der Waals surface area contributed by atoms with Crippen LogP contribution >= 0.6 is 0 Å². The molecule has 104 valence electrons. The number of likely N-dealkylation sites (tertiary alicyclic amines) is 1. The summed E-state index contributed by atoms with van der Waals surface area (Å²) in [4.78, 5) is 11.1. The van der Waals surface area contributed by atoms with E-state index >= 15 is 0 Å². The van der Waals surface area contributed by atoms with Crippen LogP contribution in [0.2, 0.25) is 0 Å². The SMILES string of the molecule is c1cnc(NCC2CCN(C3CCCCC3)C2)cn1. The van der Waals surface area contributed by atoms with Gasteiger partial charge < -0.3 is 10.2 Å². The quantitative estimate of drug-likeness (QED) is 0.903. The molecule has 1 N–H and O–H groups in total. The molecule has 4 nitrogen and oxygen atoms in total. The molecule has 19 heavy (non-hydrogen) atoms. The maximum absolute atomic E-state index is 4.26. The van der Waals surface area contributed by atoms with Gasteiger partial charge in [-0.15, -0.1) is 0 Å². The Morgan fingerprint density at radius 2 is 2.05 bits per heavy atom. The van der Waals surface area contributed by atoms with Gasteiger partial charge in [0.25, 0.3) is 0 Å². The Balaban J connectivity index is 1.44. The monoisotopic (exact) mass is 260 g/mol. The smallest absolute Gasteiger partial charge is 0.144 e. The molecule has 1 saturated carbocycles. The Morgan fingerprint density at radius 1 is 1.16 bits per heavy atom. The van der Waals surface area contributed by atoms with Gasteiger partial charge >= 0.3 is 0 Å². The summed E-state index contributed by atoms with van der Waals surface area (Å²) in [5.74, 6) is 1.67. The third kappa shape index (κ3) is 3.44. The van der Waals surface area contributed by atoms with Gasteiger partial charge in [0, 0.05) is 31.5 Å². The van der Waals surface area contributed by atoms with Crippen LogP contribution in [0.1, 0.15) is 38.5 Å². The first-order chi connectivity index (χ1) is 9.42. The highest BCUT2D eigenvalue weighted by Gasteiger charge is 2.28. The van der Waals surface area contributed by atoms with Gasteiger partial charge in [0.05, 0.1) is 6.20 Å². The molecule has 1 aliphatic carbocycles. The minimum absolute atomic E-state index is 0.768. The molecule has 0 spiro atoms. The molecule has 0 aromatic carbocycles. The van der Waals surface area contributed by atoms with E-state index in [1.165, 1.54) is 51.6 Å². The summed E-state index contributed by atoms with van der Waals surface area (Å²) >= 11 is 0. The number of anilines is 1. The van der Waals surface area contributed by atoms with Crippen LogP contribution in [0.3, 0.4) is 0 Å². The Hall–Kier alpha value is -1.16. The predicted octanol–water partition coefficient (Wildman–Crippen LogP) is 2.54. The lowest BCUT2D eigenvalue weighted by molar-refractivity contribution is 0.186. The minimum atomic E-state index is 0.768. The van der Waals surface area contributed by atoms with Gasteiger partial charge in [0.15, 0.2) is 0 Å². The zero-order valence-corrected chi connectivity index (χ0v) is 11.6. The van der Waals surface area contributed by atoms with Crippen molar-refractivity contribution in [2.75, 3.05) is 25.0 Å². The number of hydrogen-bond donors (Lipinski definition) is 1. The number of nitrogens with zero attached hydrogens (tertiary/aromatic N) is 3. The molecule has 1 saturated heterocycles. The Labute approximate surface area is 115 Å². The molecule has 1 aromatic heterocycles. The molecule has 2 aliphatic rings. The van der Waals surface area contributed by atoms with Crippen molar-refractivity contribution < 1.29 is 0 Å². The van der Waals surface area contributed by atoms with Crippen molar-refractivity contribution in [1.82, 2.24) is 14.9 Å². The molecule has 2 fully saturated rings. The molecule has 1 unspecified atom stereocenters. The molecule has 4 heteroatoms. The number of nitrogens with one attached hydrogen (secondary N) is 1. The van der Waals surface area contributed by atoms with Crippen molar-refractivity contribution in [2.24, 2.45) is 5.92 Å². The third-order valence-corrected chi connectivity index (χ3v) is 4.54. The first kappa shape index (κ1) is 12.9. The molecule has 1 aliphatic heterocycles. The van der Waals surface area contributed by atoms with Gasteiger partial charge in [-0.3, -0.25) is 4.98 Å². The van der Waals surface area contributed by atoms with Crippen molar-refractivity contribution in [1.29, 1.82) is 0 Å². The second kappa shape index (κ2) is 6.33. The van der Waals surface area contributed by atoms with Gasteiger partial charge in [0.2, 0.25) is 0 Å². The molecule has 2 heterocycles. The summed E-state index contributed by atoms with van der Waals surface area (Å²) in [5.41, 5.74) is 0.